The molecule has 0 fully saturated rings. The second-order valence-corrected chi connectivity index (χ2v) is 20.3. The van der Waals surface area contributed by atoms with E-state index in [9.17, 15) is 0 Å². The summed E-state index contributed by atoms with van der Waals surface area (Å²) in [7, 11) is 0. The van der Waals surface area contributed by atoms with Crippen LogP contribution in [0.4, 0.5) is 34.1 Å². The number of nitrogens with zero attached hydrogens (tertiary/aromatic N) is 2. The van der Waals surface area contributed by atoms with E-state index in [1.807, 2.05) is 0 Å². The van der Waals surface area contributed by atoms with Gasteiger partial charge in [-0.15, -0.1) is 0 Å². The highest BCUT2D eigenvalue weighted by atomic mass is 16.3. The molecule has 0 saturated heterocycles. The Morgan fingerprint density at radius 3 is 1.26 bits per heavy atom. The fourth-order valence-electron chi connectivity index (χ4n) is 13.0. The van der Waals surface area contributed by atoms with Crippen LogP contribution < -0.4 is 9.80 Å². The summed E-state index contributed by atoms with van der Waals surface area (Å²) in [5, 5.41) is 11.5. The molecule has 0 N–H and O–H groups in total. The summed E-state index contributed by atoms with van der Waals surface area (Å²) < 4.78 is 13.9. The van der Waals surface area contributed by atoms with Gasteiger partial charge < -0.3 is 18.6 Å². The first-order valence-corrected chi connectivity index (χ1v) is 26.4. The minimum Gasteiger partial charge on any atom is -0.454 e. The van der Waals surface area contributed by atoms with E-state index in [1.54, 1.807) is 0 Å². The standard InChI is InChI=1S/C73H46N2O2/c1-5-21-51(22-6-1)73(52-23-7-2-8-24-52)63-45-50-43-55(74(53-25-9-3-10-26-53)65-33-17-31-60-69-57-29-15-13-19-47(57)36-41-67(69)76-71(60)65)38-35-49(50)44-62(63)59-40-39-56(46-64(59)73)75(54-27-11-4-12-28-54)66-34-18-32-61-70-58-30-16-14-20-48(58)37-42-68(70)77-72(61)66/h1-46H. The highest BCUT2D eigenvalue weighted by Crippen LogP contribution is 2.59. The summed E-state index contributed by atoms with van der Waals surface area (Å²) in [4.78, 5) is 4.73. The predicted molar refractivity (Wildman–Crippen MR) is 320 cm³/mol. The Labute approximate surface area is 444 Å². The Bertz CT molecular complexity index is 4770. The third-order valence-corrected chi connectivity index (χ3v) is 16.2. The summed E-state index contributed by atoms with van der Waals surface area (Å²) in [5.74, 6) is 0. The van der Waals surface area contributed by atoms with Crippen molar-refractivity contribution < 1.29 is 8.83 Å². The summed E-state index contributed by atoms with van der Waals surface area (Å²) in [6.07, 6.45) is 0. The topological polar surface area (TPSA) is 32.8 Å². The number of furan rings is 2. The molecular weight excluding hydrogens is 937 g/mol. The van der Waals surface area contributed by atoms with E-state index in [0.29, 0.717) is 0 Å². The first-order chi connectivity index (χ1) is 38.2. The predicted octanol–water partition coefficient (Wildman–Crippen LogP) is 20.2. The van der Waals surface area contributed by atoms with Gasteiger partial charge in [-0.25, -0.2) is 0 Å². The maximum atomic E-state index is 6.97. The molecular formula is C73H46N2O2. The van der Waals surface area contributed by atoms with Gasteiger partial charge in [-0.2, -0.15) is 0 Å². The minimum absolute atomic E-state index is 0.693. The van der Waals surface area contributed by atoms with Gasteiger partial charge in [0, 0.05) is 44.3 Å². The summed E-state index contributed by atoms with van der Waals surface area (Å²) in [6, 6.07) is 101. The molecule has 0 saturated carbocycles. The molecule has 0 atom stereocenters. The lowest BCUT2D eigenvalue weighted by molar-refractivity contribution is 0.669. The van der Waals surface area contributed by atoms with Crippen LogP contribution in [0.15, 0.2) is 288 Å². The van der Waals surface area contributed by atoms with Crippen LogP contribution in [0, 0.1) is 0 Å². The minimum atomic E-state index is -0.693. The number of hydrogen-bond acceptors (Lipinski definition) is 4. The molecule has 1 aliphatic rings. The zero-order valence-electron chi connectivity index (χ0n) is 41.8. The van der Waals surface area contributed by atoms with E-state index < -0.39 is 5.41 Å². The Morgan fingerprint density at radius 2 is 0.714 bits per heavy atom. The molecule has 1 aliphatic carbocycles. The highest BCUT2D eigenvalue weighted by molar-refractivity contribution is 6.22. The van der Waals surface area contributed by atoms with Gasteiger partial charge in [0.25, 0.3) is 0 Å². The molecule has 0 spiro atoms. The van der Waals surface area contributed by atoms with Crippen molar-refractivity contribution in [1.82, 2.24) is 0 Å². The van der Waals surface area contributed by atoms with Crippen LogP contribution in [0.3, 0.4) is 0 Å². The van der Waals surface area contributed by atoms with Gasteiger partial charge in [0.05, 0.1) is 16.8 Å². The van der Waals surface area contributed by atoms with Crippen LogP contribution >= 0.6 is 0 Å². The van der Waals surface area contributed by atoms with Gasteiger partial charge in [-0.1, -0.05) is 194 Å². The maximum Gasteiger partial charge on any atom is 0.159 e. The number of anilines is 6. The molecule has 16 rings (SSSR count). The first kappa shape index (κ1) is 43.3. The quantitative estimate of drug-likeness (QED) is 0.152. The normalized spacial score (nSPS) is 12.8. The Kier molecular flexibility index (Phi) is 9.52. The van der Waals surface area contributed by atoms with Gasteiger partial charge >= 0.3 is 0 Å². The average molecular weight is 983 g/mol. The van der Waals surface area contributed by atoms with Crippen LogP contribution in [0.25, 0.3) is 87.3 Å². The van der Waals surface area contributed by atoms with E-state index in [-0.39, 0.29) is 0 Å². The van der Waals surface area contributed by atoms with Gasteiger partial charge in [-0.05, 0) is 151 Å². The van der Waals surface area contributed by atoms with E-state index in [4.69, 9.17) is 8.83 Å². The molecule has 0 radical (unpaired) electrons. The van der Waals surface area contributed by atoms with E-state index in [2.05, 4.69) is 289 Å². The number of rotatable bonds is 8. The van der Waals surface area contributed by atoms with E-state index in [1.165, 1.54) is 54.9 Å². The molecule has 4 heteroatoms. The third kappa shape index (κ3) is 6.46. The number of fused-ring (bicyclic) bond motifs is 14. The van der Waals surface area contributed by atoms with Gasteiger partial charge in [-0.3, -0.25) is 0 Å². The average Bonchev–Trinajstić information content (AvgIpc) is 4.38. The smallest absolute Gasteiger partial charge is 0.159 e. The molecule has 360 valence electrons. The Hall–Kier alpha value is -10.2. The molecule has 0 unspecified atom stereocenters. The van der Waals surface area contributed by atoms with E-state index >= 15 is 0 Å². The summed E-state index contributed by atoms with van der Waals surface area (Å²) in [5.41, 5.74) is 16.2. The highest BCUT2D eigenvalue weighted by Gasteiger charge is 2.47. The number of benzene rings is 13. The van der Waals surface area contributed by atoms with Crippen molar-refractivity contribution >= 4 is 110 Å². The van der Waals surface area contributed by atoms with Crippen LogP contribution in [0.5, 0.6) is 0 Å². The summed E-state index contributed by atoms with van der Waals surface area (Å²) in [6.45, 7) is 0. The fourth-order valence-corrected chi connectivity index (χ4v) is 13.0. The molecule has 77 heavy (non-hydrogen) atoms. The van der Waals surface area contributed by atoms with Gasteiger partial charge in [0.2, 0.25) is 0 Å². The summed E-state index contributed by atoms with van der Waals surface area (Å²) >= 11 is 0. The van der Waals surface area contributed by atoms with Crippen molar-refractivity contribution in [2.45, 2.75) is 5.41 Å². The zero-order chi connectivity index (χ0) is 50.6. The largest absolute Gasteiger partial charge is 0.454 e. The van der Waals surface area contributed by atoms with Crippen LogP contribution in [-0.4, -0.2) is 0 Å². The van der Waals surface area contributed by atoms with Crippen LogP contribution in [-0.2, 0) is 5.41 Å². The Balaban J connectivity index is 0.922. The lowest BCUT2D eigenvalue weighted by Gasteiger charge is -2.35. The van der Waals surface area contributed by atoms with Crippen molar-refractivity contribution in [3.8, 4) is 11.1 Å². The SMILES string of the molecule is c1ccc(N(c2ccc3c(c2)C(c2ccccc2)(c2ccccc2)c2cc4cc(N(c5ccccc5)c5cccc6c5oc5ccc7ccccc7c56)ccc4cc2-3)c2cccc3c2oc2ccc4ccccc4c23)cc1. The van der Waals surface area contributed by atoms with Crippen LogP contribution in [0.2, 0.25) is 0 Å². The van der Waals surface area contributed by atoms with Crippen molar-refractivity contribution in [2.75, 3.05) is 9.80 Å². The zero-order valence-corrected chi connectivity index (χ0v) is 41.8. The molecule has 0 amide bonds. The second-order valence-electron chi connectivity index (χ2n) is 20.3. The molecule has 2 aromatic heterocycles. The second kappa shape index (κ2) is 16.9. The van der Waals surface area contributed by atoms with Crippen molar-refractivity contribution in [1.29, 1.82) is 0 Å². The molecule has 13 aromatic carbocycles. The third-order valence-electron chi connectivity index (χ3n) is 16.2. The lowest BCUT2D eigenvalue weighted by Crippen LogP contribution is -2.28. The fraction of sp³-hybridized carbons (Fsp3) is 0.0137. The van der Waals surface area contributed by atoms with Crippen molar-refractivity contribution in [3.05, 3.63) is 301 Å². The first-order valence-electron chi connectivity index (χ1n) is 26.4. The molecule has 4 nitrogen and oxygen atoms in total. The molecule has 0 bridgehead atoms. The molecule has 2 heterocycles. The van der Waals surface area contributed by atoms with Gasteiger partial charge in [0.15, 0.2) is 11.2 Å². The van der Waals surface area contributed by atoms with E-state index in [0.717, 1.165) is 88.8 Å². The molecule has 15 aromatic rings. The van der Waals surface area contributed by atoms with Crippen LogP contribution in [0.1, 0.15) is 22.3 Å². The van der Waals surface area contributed by atoms with Crippen molar-refractivity contribution in [3.63, 3.8) is 0 Å². The molecule has 0 aliphatic heterocycles. The maximum absolute atomic E-state index is 6.97. The lowest BCUT2D eigenvalue weighted by atomic mass is 9.67. The van der Waals surface area contributed by atoms with Gasteiger partial charge in [0.1, 0.15) is 11.2 Å². The van der Waals surface area contributed by atoms with Crippen molar-refractivity contribution in [2.24, 2.45) is 0 Å². The number of hydrogen-bond donors (Lipinski definition) is 0. The number of para-hydroxylation sites is 4. The monoisotopic (exact) mass is 982 g/mol. The Morgan fingerprint density at radius 1 is 0.273 bits per heavy atom.